The second-order valence-electron chi connectivity index (χ2n) is 2.41. The smallest absolute Gasteiger partial charge is 0.512 e. The molecular weight excluding hydrogens is 183 g/mol. The maximum atomic E-state index is 8.58. The summed E-state index contributed by atoms with van der Waals surface area (Å²) in [5, 5.41) is 34.2. The van der Waals surface area contributed by atoms with Gasteiger partial charge in [0.2, 0.25) is 0 Å². The fourth-order valence-electron chi connectivity index (χ4n) is 0.918. The molecule has 0 aliphatic rings. The Morgan fingerprint density at radius 3 is 1.93 bits per heavy atom. The van der Waals surface area contributed by atoms with Gasteiger partial charge in [0.1, 0.15) is 5.75 Å². The zero-order valence-corrected chi connectivity index (χ0v) is 7.01. The van der Waals surface area contributed by atoms with Gasteiger partial charge in [-0.3, -0.25) is 0 Å². The van der Waals surface area contributed by atoms with E-state index in [0.717, 1.165) is 0 Å². The van der Waals surface area contributed by atoms with Crippen LogP contribution in [0.1, 0.15) is 11.1 Å². The van der Waals surface area contributed by atoms with Gasteiger partial charge in [-0.05, 0) is 18.2 Å². The van der Waals surface area contributed by atoms with E-state index in [-0.39, 0.29) is 16.9 Å². The van der Waals surface area contributed by atoms with E-state index in [0.29, 0.717) is 0 Å². The predicted octanol–water partition coefficient (Wildman–Crippen LogP) is -0.222. The number of rotatable bonds is 2. The first-order chi connectivity index (χ1) is 6.65. The first kappa shape index (κ1) is 10.1. The summed E-state index contributed by atoms with van der Waals surface area (Å²) in [6, 6.07) is 7.63. The molecule has 6 heteroatoms. The Bertz CT molecular complexity index is 387. The maximum Gasteiger partial charge on any atom is 0.707 e. The van der Waals surface area contributed by atoms with Crippen LogP contribution in [0.2, 0.25) is 0 Å². The number of nitriles is 2. The molecule has 0 bridgehead atoms. The van der Waals surface area contributed by atoms with E-state index >= 15 is 0 Å². The van der Waals surface area contributed by atoms with E-state index in [1.54, 1.807) is 0 Å². The molecule has 1 aromatic carbocycles. The zero-order valence-electron chi connectivity index (χ0n) is 7.01. The Hall–Kier alpha value is -2.02. The molecule has 0 spiro atoms. The van der Waals surface area contributed by atoms with Gasteiger partial charge in [-0.25, -0.2) is 0 Å². The van der Waals surface area contributed by atoms with Crippen molar-refractivity contribution < 1.29 is 14.7 Å². The van der Waals surface area contributed by atoms with Crippen molar-refractivity contribution in [3.8, 4) is 17.9 Å². The van der Waals surface area contributed by atoms with Gasteiger partial charge in [-0.15, -0.1) is 0 Å². The third-order valence-electron chi connectivity index (χ3n) is 1.41. The summed E-state index contributed by atoms with van der Waals surface area (Å²) in [7, 11) is -1.96. The van der Waals surface area contributed by atoms with Crippen LogP contribution in [0.4, 0.5) is 0 Å². The minimum Gasteiger partial charge on any atom is -0.512 e. The molecule has 14 heavy (non-hydrogen) atoms. The molecule has 0 radical (unpaired) electrons. The van der Waals surface area contributed by atoms with Crippen LogP contribution in [0, 0.1) is 22.7 Å². The van der Waals surface area contributed by atoms with Crippen LogP contribution in [0.5, 0.6) is 5.75 Å². The van der Waals surface area contributed by atoms with Crippen molar-refractivity contribution in [2.75, 3.05) is 0 Å². The molecule has 0 atom stereocenters. The zero-order chi connectivity index (χ0) is 10.6. The molecule has 0 aliphatic carbocycles. The van der Waals surface area contributed by atoms with Gasteiger partial charge in [0.25, 0.3) is 0 Å². The highest BCUT2D eigenvalue weighted by molar-refractivity contribution is 6.33. The Kier molecular flexibility index (Phi) is 3.08. The van der Waals surface area contributed by atoms with Gasteiger partial charge in [-0.1, -0.05) is 0 Å². The molecule has 0 unspecified atom stereocenters. The van der Waals surface area contributed by atoms with E-state index in [4.69, 9.17) is 20.6 Å². The molecular formula is C8H5BN2O3. The van der Waals surface area contributed by atoms with Crippen LogP contribution in [-0.2, 0) is 0 Å². The summed E-state index contributed by atoms with van der Waals surface area (Å²) < 4.78 is 4.51. The van der Waals surface area contributed by atoms with Gasteiger partial charge in [-0.2, -0.15) is 10.5 Å². The molecule has 5 nitrogen and oxygen atoms in total. The van der Waals surface area contributed by atoms with Crippen LogP contribution in [0.25, 0.3) is 0 Å². The number of benzene rings is 1. The van der Waals surface area contributed by atoms with Gasteiger partial charge in [0.15, 0.2) is 0 Å². The van der Waals surface area contributed by atoms with Crippen molar-refractivity contribution in [1.29, 1.82) is 10.5 Å². The Morgan fingerprint density at radius 2 is 1.57 bits per heavy atom. The Morgan fingerprint density at radius 1 is 1.07 bits per heavy atom. The molecule has 0 fully saturated rings. The van der Waals surface area contributed by atoms with Gasteiger partial charge in [0.05, 0.1) is 23.3 Å². The van der Waals surface area contributed by atoms with Crippen LogP contribution < -0.4 is 4.65 Å². The van der Waals surface area contributed by atoms with Crippen molar-refractivity contribution in [2.24, 2.45) is 0 Å². The molecule has 0 saturated carbocycles. The van der Waals surface area contributed by atoms with E-state index in [1.807, 2.05) is 12.1 Å². The summed E-state index contributed by atoms with van der Waals surface area (Å²) in [6.07, 6.45) is 0. The second-order valence-corrected chi connectivity index (χ2v) is 2.41. The third-order valence-corrected chi connectivity index (χ3v) is 1.41. The monoisotopic (exact) mass is 188 g/mol. The lowest BCUT2D eigenvalue weighted by Crippen LogP contribution is -2.20. The Balaban J connectivity index is 3.08. The summed E-state index contributed by atoms with van der Waals surface area (Å²) >= 11 is 0. The molecule has 0 heterocycles. The highest BCUT2D eigenvalue weighted by atomic mass is 16.6. The van der Waals surface area contributed by atoms with Crippen LogP contribution in [0.15, 0.2) is 18.2 Å². The number of hydrogen-bond donors (Lipinski definition) is 2. The minimum atomic E-state index is -1.96. The van der Waals surface area contributed by atoms with E-state index in [1.165, 1.54) is 18.2 Å². The molecule has 0 amide bonds. The lowest BCUT2D eigenvalue weighted by Gasteiger charge is -2.04. The summed E-state index contributed by atoms with van der Waals surface area (Å²) in [4.78, 5) is 0. The first-order valence-electron chi connectivity index (χ1n) is 3.64. The fourth-order valence-corrected chi connectivity index (χ4v) is 0.918. The minimum absolute atomic E-state index is 0.0654. The highest BCUT2D eigenvalue weighted by Gasteiger charge is 2.12. The lowest BCUT2D eigenvalue weighted by molar-refractivity contribution is 0.288. The first-order valence-corrected chi connectivity index (χ1v) is 3.64. The number of nitrogens with zero attached hydrogens (tertiary/aromatic N) is 2. The van der Waals surface area contributed by atoms with Crippen LogP contribution in [-0.4, -0.2) is 17.4 Å². The van der Waals surface area contributed by atoms with E-state index < -0.39 is 7.32 Å². The highest BCUT2D eigenvalue weighted by Crippen LogP contribution is 2.16. The van der Waals surface area contributed by atoms with Gasteiger partial charge >= 0.3 is 7.32 Å². The molecule has 1 rings (SSSR count). The molecule has 68 valence electrons. The predicted molar refractivity (Wildman–Crippen MR) is 46.7 cm³/mol. The Labute approximate surface area is 80.6 Å². The normalized spacial score (nSPS) is 8.57. The molecule has 0 saturated heterocycles. The van der Waals surface area contributed by atoms with Crippen molar-refractivity contribution in [2.45, 2.75) is 0 Å². The lowest BCUT2D eigenvalue weighted by atomic mass is 10.1. The van der Waals surface area contributed by atoms with E-state index in [2.05, 4.69) is 4.65 Å². The topological polar surface area (TPSA) is 97.3 Å². The maximum absolute atomic E-state index is 8.58. The molecule has 2 N–H and O–H groups in total. The summed E-state index contributed by atoms with van der Waals surface area (Å²) in [6.45, 7) is 0. The van der Waals surface area contributed by atoms with Crippen molar-refractivity contribution in [3.05, 3.63) is 29.3 Å². The fraction of sp³-hybridized carbons (Fsp3) is 0. The average Bonchev–Trinajstić information content (AvgIpc) is 2.16. The summed E-state index contributed by atoms with van der Waals surface area (Å²) in [5.41, 5.74) is 0.444. The second kappa shape index (κ2) is 4.29. The SMILES string of the molecule is N#Cc1cc(C#N)cc(OB(O)O)c1. The quantitative estimate of drug-likeness (QED) is 0.625. The average molecular weight is 188 g/mol. The molecule has 1 aromatic rings. The number of hydrogen-bond acceptors (Lipinski definition) is 5. The van der Waals surface area contributed by atoms with Crippen LogP contribution in [0.3, 0.4) is 0 Å². The molecule has 0 aliphatic heterocycles. The summed E-state index contributed by atoms with van der Waals surface area (Å²) in [5.74, 6) is 0.0654. The van der Waals surface area contributed by atoms with Crippen molar-refractivity contribution in [1.82, 2.24) is 0 Å². The largest absolute Gasteiger partial charge is 0.707 e. The standard InChI is InChI=1S/C8H5BN2O3/c10-4-6-1-7(5-11)3-8(2-6)14-9(12)13/h1-3,12-13H. The van der Waals surface area contributed by atoms with E-state index in [9.17, 15) is 0 Å². The van der Waals surface area contributed by atoms with Crippen molar-refractivity contribution in [3.63, 3.8) is 0 Å². The van der Waals surface area contributed by atoms with Gasteiger partial charge < -0.3 is 14.7 Å². The molecule has 0 aromatic heterocycles. The third kappa shape index (κ3) is 2.49. The van der Waals surface area contributed by atoms with Gasteiger partial charge in [0, 0.05) is 0 Å². The van der Waals surface area contributed by atoms with Crippen molar-refractivity contribution >= 4 is 7.32 Å². The van der Waals surface area contributed by atoms with Crippen LogP contribution >= 0.6 is 0 Å².